The highest BCUT2D eigenvalue weighted by Gasteiger charge is 2.35. The van der Waals surface area contributed by atoms with Crippen LogP contribution in [0.2, 0.25) is 0 Å². The van der Waals surface area contributed by atoms with Crippen molar-refractivity contribution in [3.63, 3.8) is 0 Å². The number of aliphatic hydroxyl groups is 1. The summed E-state index contributed by atoms with van der Waals surface area (Å²) in [7, 11) is 0. The Morgan fingerprint density at radius 1 is 0.958 bits per heavy atom. The summed E-state index contributed by atoms with van der Waals surface area (Å²) >= 11 is 0. The molecule has 1 aliphatic rings. The SMILES string of the molecule is Cl.OC1(c2cccc3[nH]ccc23)CCN(Cc2ccccc2)CC1. The van der Waals surface area contributed by atoms with E-state index in [0.717, 1.165) is 48.9 Å². The number of aromatic amines is 1. The maximum absolute atomic E-state index is 11.2. The monoisotopic (exact) mass is 342 g/mol. The summed E-state index contributed by atoms with van der Waals surface area (Å²) in [5, 5.41) is 12.3. The van der Waals surface area contributed by atoms with E-state index in [0.29, 0.717) is 0 Å². The van der Waals surface area contributed by atoms with Crippen LogP contribution in [0.15, 0.2) is 60.8 Å². The van der Waals surface area contributed by atoms with Gasteiger partial charge in [-0.3, -0.25) is 4.90 Å². The molecule has 0 unspecified atom stereocenters. The van der Waals surface area contributed by atoms with E-state index in [-0.39, 0.29) is 12.4 Å². The van der Waals surface area contributed by atoms with Crippen LogP contribution in [0.1, 0.15) is 24.0 Å². The first kappa shape index (κ1) is 17.0. The molecule has 0 aliphatic carbocycles. The van der Waals surface area contributed by atoms with Gasteiger partial charge in [0.1, 0.15) is 0 Å². The molecule has 2 heterocycles. The van der Waals surface area contributed by atoms with E-state index >= 15 is 0 Å². The summed E-state index contributed by atoms with van der Waals surface area (Å²) < 4.78 is 0. The number of nitrogens with one attached hydrogen (secondary N) is 1. The van der Waals surface area contributed by atoms with E-state index in [2.05, 4.69) is 58.4 Å². The average molecular weight is 343 g/mol. The van der Waals surface area contributed by atoms with Crippen LogP contribution in [-0.2, 0) is 12.1 Å². The second-order valence-electron chi connectivity index (χ2n) is 6.54. The largest absolute Gasteiger partial charge is 0.385 e. The number of fused-ring (bicyclic) bond motifs is 1. The van der Waals surface area contributed by atoms with Crippen molar-refractivity contribution in [2.24, 2.45) is 0 Å². The lowest BCUT2D eigenvalue weighted by atomic mass is 9.82. The van der Waals surface area contributed by atoms with Gasteiger partial charge >= 0.3 is 0 Å². The van der Waals surface area contributed by atoms with Gasteiger partial charge in [-0.25, -0.2) is 0 Å². The number of hydrogen-bond acceptors (Lipinski definition) is 2. The lowest BCUT2D eigenvalue weighted by Crippen LogP contribution is -2.42. The number of hydrogen-bond donors (Lipinski definition) is 2. The highest BCUT2D eigenvalue weighted by molar-refractivity contribution is 5.85. The third-order valence-electron chi connectivity index (χ3n) is 5.03. The number of nitrogens with zero attached hydrogens (tertiary/aromatic N) is 1. The fourth-order valence-electron chi connectivity index (χ4n) is 3.68. The molecule has 1 aromatic heterocycles. The second-order valence-corrected chi connectivity index (χ2v) is 6.54. The number of rotatable bonds is 3. The van der Waals surface area contributed by atoms with Gasteiger partial charge in [0.05, 0.1) is 5.60 Å². The fraction of sp³-hybridized carbons (Fsp3) is 0.300. The molecular formula is C20H23ClN2O. The van der Waals surface area contributed by atoms with Gasteiger partial charge in [0, 0.05) is 36.7 Å². The number of benzene rings is 2. The molecule has 1 saturated heterocycles. The summed E-state index contributed by atoms with van der Waals surface area (Å²) in [5.41, 5.74) is 2.79. The van der Waals surface area contributed by atoms with E-state index < -0.39 is 5.60 Å². The summed E-state index contributed by atoms with van der Waals surface area (Å²) in [6, 6.07) is 18.8. The summed E-state index contributed by atoms with van der Waals surface area (Å²) in [4.78, 5) is 5.67. The summed E-state index contributed by atoms with van der Waals surface area (Å²) in [6.07, 6.45) is 3.51. The van der Waals surface area contributed by atoms with E-state index in [9.17, 15) is 5.11 Å². The molecule has 3 nitrogen and oxygen atoms in total. The van der Waals surface area contributed by atoms with Crippen LogP contribution in [0.25, 0.3) is 10.9 Å². The molecule has 2 N–H and O–H groups in total. The van der Waals surface area contributed by atoms with Crippen LogP contribution in [0.3, 0.4) is 0 Å². The van der Waals surface area contributed by atoms with Crippen LogP contribution >= 0.6 is 12.4 Å². The normalized spacial score (nSPS) is 17.5. The van der Waals surface area contributed by atoms with Crippen LogP contribution in [0.4, 0.5) is 0 Å². The predicted molar refractivity (Wildman–Crippen MR) is 100 cm³/mol. The fourth-order valence-corrected chi connectivity index (χ4v) is 3.68. The Kier molecular flexibility index (Phi) is 4.95. The average Bonchev–Trinajstić information content (AvgIpc) is 3.06. The van der Waals surface area contributed by atoms with Crippen molar-refractivity contribution in [2.45, 2.75) is 25.0 Å². The Bertz CT molecular complexity index is 792. The molecule has 126 valence electrons. The third kappa shape index (κ3) is 3.20. The van der Waals surface area contributed by atoms with Gasteiger partial charge < -0.3 is 10.1 Å². The first-order valence-electron chi connectivity index (χ1n) is 8.30. The van der Waals surface area contributed by atoms with Gasteiger partial charge in [-0.15, -0.1) is 12.4 Å². The first-order chi connectivity index (χ1) is 11.2. The standard InChI is InChI=1S/C20H22N2O.ClH/c23-20(18-7-4-8-19-17(18)9-12-21-19)10-13-22(14-11-20)15-16-5-2-1-3-6-16;/h1-9,12,21,23H,10-11,13-15H2;1H. The second kappa shape index (κ2) is 6.98. The third-order valence-corrected chi connectivity index (χ3v) is 5.03. The summed E-state index contributed by atoms with van der Waals surface area (Å²) in [6.45, 7) is 2.81. The van der Waals surface area contributed by atoms with E-state index in [1.807, 2.05) is 12.3 Å². The molecule has 0 amide bonds. The van der Waals surface area contributed by atoms with Crippen LogP contribution in [0.5, 0.6) is 0 Å². The smallest absolute Gasteiger partial charge is 0.0927 e. The molecule has 1 fully saturated rings. The minimum absolute atomic E-state index is 0. The molecule has 2 aromatic carbocycles. The molecular weight excluding hydrogens is 320 g/mol. The maximum atomic E-state index is 11.2. The lowest BCUT2D eigenvalue weighted by molar-refractivity contribution is -0.0265. The van der Waals surface area contributed by atoms with Crippen molar-refractivity contribution in [3.8, 4) is 0 Å². The zero-order valence-corrected chi connectivity index (χ0v) is 14.4. The Labute approximate surface area is 148 Å². The highest BCUT2D eigenvalue weighted by atomic mass is 35.5. The molecule has 24 heavy (non-hydrogen) atoms. The topological polar surface area (TPSA) is 39.3 Å². The van der Waals surface area contributed by atoms with Gasteiger partial charge in [-0.2, -0.15) is 0 Å². The Morgan fingerprint density at radius 3 is 2.46 bits per heavy atom. The molecule has 1 aliphatic heterocycles. The van der Waals surface area contributed by atoms with E-state index in [1.54, 1.807) is 0 Å². The van der Waals surface area contributed by atoms with E-state index in [4.69, 9.17) is 0 Å². The van der Waals surface area contributed by atoms with Gasteiger partial charge in [0.25, 0.3) is 0 Å². The van der Waals surface area contributed by atoms with Crippen LogP contribution < -0.4 is 0 Å². The maximum Gasteiger partial charge on any atom is 0.0927 e. The molecule has 0 radical (unpaired) electrons. The Balaban J connectivity index is 0.00000169. The van der Waals surface area contributed by atoms with Crippen molar-refractivity contribution in [1.29, 1.82) is 0 Å². The van der Waals surface area contributed by atoms with Gasteiger partial charge in [0.2, 0.25) is 0 Å². The number of piperidine rings is 1. The first-order valence-corrected chi connectivity index (χ1v) is 8.30. The zero-order valence-electron chi connectivity index (χ0n) is 13.6. The molecule has 4 rings (SSSR count). The van der Waals surface area contributed by atoms with Gasteiger partial charge in [-0.1, -0.05) is 42.5 Å². The minimum Gasteiger partial charge on any atom is -0.385 e. The Morgan fingerprint density at radius 2 is 1.71 bits per heavy atom. The van der Waals surface area contributed by atoms with Crippen molar-refractivity contribution >= 4 is 23.3 Å². The zero-order chi connectivity index (χ0) is 15.7. The van der Waals surface area contributed by atoms with Crippen molar-refractivity contribution in [1.82, 2.24) is 9.88 Å². The van der Waals surface area contributed by atoms with Crippen molar-refractivity contribution < 1.29 is 5.11 Å². The minimum atomic E-state index is -0.713. The quantitative estimate of drug-likeness (QED) is 0.753. The highest BCUT2D eigenvalue weighted by Crippen LogP contribution is 2.37. The van der Waals surface area contributed by atoms with Crippen LogP contribution in [-0.4, -0.2) is 28.1 Å². The molecule has 0 atom stereocenters. The number of H-pyrrole nitrogens is 1. The molecule has 4 heteroatoms. The number of aromatic nitrogens is 1. The number of halogens is 1. The van der Waals surface area contributed by atoms with Crippen molar-refractivity contribution in [3.05, 3.63) is 71.9 Å². The lowest BCUT2D eigenvalue weighted by Gasteiger charge is -2.39. The molecule has 0 saturated carbocycles. The Hall–Kier alpha value is -1.81. The summed E-state index contributed by atoms with van der Waals surface area (Å²) in [5.74, 6) is 0. The molecule has 0 spiro atoms. The van der Waals surface area contributed by atoms with Crippen LogP contribution in [0, 0.1) is 0 Å². The number of likely N-dealkylation sites (tertiary alicyclic amines) is 1. The van der Waals surface area contributed by atoms with Gasteiger partial charge in [-0.05, 0) is 36.1 Å². The molecule has 3 aromatic rings. The van der Waals surface area contributed by atoms with E-state index in [1.165, 1.54) is 5.56 Å². The predicted octanol–water partition coefficient (Wildman–Crippen LogP) is 4.07. The van der Waals surface area contributed by atoms with Crippen molar-refractivity contribution in [2.75, 3.05) is 13.1 Å². The molecule has 0 bridgehead atoms. The van der Waals surface area contributed by atoms with Gasteiger partial charge in [0.15, 0.2) is 0 Å².